The van der Waals surface area contributed by atoms with E-state index in [-0.39, 0.29) is 22.8 Å². The van der Waals surface area contributed by atoms with Gasteiger partial charge < -0.3 is 10.6 Å². The lowest BCUT2D eigenvalue weighted by Crippen LogP contribution is -2.38. The van der Waals surface area contributed by atoms with Crippen LogP contribution < -0.4 is 15.4 Å². The van der Waals surface area contributed by atoms with Crippen LogP contribution in [-0.4, -0.2) is 42.0 Å². The second-order valence-corrected chi connectivity index (χ2v) is 12.5. The summed E-state index contributed by atoms with van der Waals surface area (Å²) in [6.45, 7) is 12.9. The summed E-state index contributed by atoms with van der Waals surface area (Å²) in [4.78, 5) is 13.0. The van der Waals surface area contributed by atoms with Crippen molar-refractivity contribution in [2.45, 2.75) is 89.6 Å². The fraction of sp³-hybridized carbons (Fsp3) is 0.625. The molecule has 0 aliphatic heterocycles. The number of hydrogen-bond acceptors (Lipinski definition) is 7. The molecule has 0 spiro atoms. The third-order valence-electron chi connectivity index (χ3n) is 6.07. The Hall–Kier alpha value is -1.97. The van der Waals surface area contributed by atoms with Crippen LogP contribution in [0.2, 0.25) is 5.28 Å². The molecule has 0 atom stereocenters. The summed E-state index contributed by atoms with van der Waals surface area (Å²) in [6.07, 6.45) is 3.42. The first-order valence-corrected chi connectivity index (χ1v) is 13.7. The Kier molecular flexibility index (Phi) is 8.42. The number of aromatic nitrogens is 3. The highest BCUT2D eigenvalue weighted by Crippen LogP contribution is 2.29. The third kappa shape index (κ3) is 7.26. The number of nitrogens with one attached hydrogen (secondary N) is 3. The maximum Gasteiger partial charge on any atom is 0.241 e. The molecule has 3 rings (SSSR count). The standard InChI is InChI=1S/C24H37ClN6O2S/c1-15(2)27-23-29-21(25)28-22(30-23)26-14-17-7-10-19(11-8-17)31-34(32,33)20-12-9-18(13-16(20)3)24(4,5)6/h9,12-13,15,17,19,31H,7-8,10-11,14H2,1-6H3,(H2,26,27,28,29,30). The highest BCUT2D eigenvalue weighted by Gasteiger charge is 2.27. The summed E-state index contributed by atoms with van der Waals surface area (Å²) in [5, 5.41) is 6.53. The van der Waals surface area contributed by atoms with E-state index in [9.17, 15) is 8.42 Å². The summed E-state index contributed by atoms with van der Waals surface area (Å²) in [6, 6.07) is 5.75. The molecule has 1 aromatic carbocycles. The van der Waals surface area contributed by atoms with E-state index in [4.69, 9.17) is 11.6 Å². The molecule has 188 valence electrons. The summed E-state index contributed by atoms with van der Waals surface area (Å²) < 4.78 is 29.0. The van der Waals surface area contributed by atoms with Gasteiger partial charge in [0.2, 0.25) is 27.2 Å². The van der Waals surface area contributed by atoms with E-state index in [1.165, 1.54) is 0 Å². The van der Waals surface area contributed by atoms with Gasteiger partial charge in [0.25, 0.3) is 0 Å². The van der Waals surface area contributed by atoms with Crippen molar-refractivity contribution in [3.05, 3.63) is 34.6 Å². The number of benzene rings is 1. The first-order chi connectivity index (χ1) is 15.8. The minimum absolute atomic E-state index is 0.0218. The van der Waals surface area contributed by atoms with Gasteiger partial charge >= 0.3 is 0 Å². The Bertz CT molecular complexity index is 1090. The molecular formula is C24H37ClN6O2S. The highest BCUT2D eigenvalue weighted by molar-refractivity contribution is 7.89. The molecule has 3 N–H and O–H groups in total. The van der Waals surface area contributed by atoms with Gasteiger partial charge in [0.1, 0.15) is 0 Å². The van der Waals surface area contributed by atoms with Crippen LogP contribution in [0.1, 0.15) is 71.4 Å². The fourth-order valence-corrected chi connectivity index (χ4v) is 5.86. The number of nitrogens with zero attached hydrogens (tertiary/aromatic N) is 3. The van der Waals surface area contributed by atoms with Crippen LogP contribution in [0.3, 0.4) is 0 Å². The molecule has 1 aliphatic carbocycles. The average Bonchev–Trinajstić information content (AvgIpc) is 2.71. The normalized spacial score (nSPS) is 19.3. The number of rotatable bonds is 8. The predicted octanol–water partition coefficient (Wildman–Crippen LogP) is 4.90. The quantitative estimate of drug-likeness (QED) is 0.465. The molecule has 1 fully saturated rings. The van der Waals surface area contributed by atoms with Gasteiger partial charge in [-0.2, -0.15) is 15.0 Å². The first kappa shape index (κ1) is 26.6. The van der Waals surface area contributed by atoms with E-state index in [1.54, 1.807) is 6.07 Å². The van der Waals surface area contributed by atoms with E-state index in [0.29, 0.717) is 29.3 Å². The summed E-state index contributed by atoms with van der Waals surface area (Å²) in [5.41, 5.74) is 1.88. The zero-order chi connectivity index (χ0) is 25.1. The number of sulfonamides is 1. The molecule has 0 bridgehead atoms. The van der Waals surface area contributed by atoms with E-state index < -0.39 is 10.0 Å². The highest BCUT2D eigenvalue weighted by atomic mass is 35.5. The minimum Gasteiger partial charge on any atom is -0.354 e. The zero-order valence-electron chi connectivity index (χ0n) is 20.9. The Morgan fingerprint density at radius 3 is 2.29 bits per heavy atom. The van der Waals surface area contributed by atoms with Crippen molar-refractivity contribution in [1.29, 1.82) is 0 Å². The fourth-order valence-electron chi connectivity index (χ4n) is 4.17. The number of hydrogen-bond donors (Lipinski definition) is 3. The molecule has 1 saturated carbocycles. The number of halogens is 1. The van der Waals surface area contributed by atoms with Gasteiger partial charge in [0.05, 0.1) is 4.90 Å². The Morgan fingerprint density at radius 1 is 1.06 bits per heavy atom. The van der Waals surface area contributed by atoms with E-state index in [1.807, 2.05) is 32.9 Å². The first-order valence-electron chi connectivity index (χ1n) is 11.9. The van der Waals surface area contributed by atoms with E-state index in [2.05, 4.69) is 51.1 Å². The number of anilines is 2. The molecule has 2 aromatic rings. The molecule has 0 radical (unpaired) electrons. The lowest BCUT2D eigenvalue weighted by atomic mass is 9.86. The summed E-state index contributed by atoms with van der Waals surface area (Å²) in [5.74, 6) is 1.30. The van der Waals surface area contributed by atoms with Crippen molar-refractivity contribution in [3.8, 4) is 0 Å². The van der Waals surface area contributed by atoms with Crippen molar-refractivity contribution < 1.29 is 8.42 Å². The lowest BCUT2D eigenvalue weighted by molar-refractivity contribution is 0.323. The van der Waals surface area contributed by atoms with Crippen LogP contribution in [-0.2, 0) is 15.4 Å². The van der Waals surface area contributed by atoms with Gasteiger partial charge in [-0.1, -0.05) is 32.9 Å². The zero-order valence-corrected chi connectivity index (χ0v) is 22.5. The van der Waals surface area contributed by atoms with Crippen LogP contribution in [0.15, 0.2) is 23.1 Å². The molecule has 10 heteroatoms. The van der Waals surface area contributed by atoms with Crippen molar-refractivity contribution in [2.75, 3.05) is 17.2 Å². The van der Waals surface area contributed by atoms with Crippen LogP contribution >= 0.6 is 11.6 Å². The van der Waals surface area contributed by atoms with Crippen LogP contribution in [0, 0.1) is 12.8 Å². The van der Waals surface area contributed by atoms with Crippen molar-refractivity contribution in [1.82, 2.24) is 19.7 Å². The molecule has 8 nitrogen and oxygen atoms in total. The Balaban J connectivity index is 1.54. The van der Waals surface area contributed by atoms with Crippen molar-refractivity contribution in [3.63, 3.8) is 0 Å². The van der Waals surface area contributed by atoms with Crippen molar-refractivity contribution >= 4 is 33.5 Å². The van der Waals surface area contributed by atoms with Crippen LogP contribution in [0.5, 0.6) is 0 Å². The topological polar surface area (TPSA) is 109 Å². The van der Waals surface area contributed by atoms with E-state index in [0.717, 1.165) is 36.8 Å². The second-order valence-electron chi connectivity index (χ2n) is 10.5. The molecule has 1 heterocycles. The summed E-state index contributed by atoms with van der Waals surface area (Å²) in [7, 11) is -3.56. The molecule has 0 amide bonds. The smallest absolute Gasteiger partial charge is 0.241 e. The largest absolute Gasteiger partial charge is 0.354 e. The Morgan fingerprint density at radius 2 is 1.71 bits per heavy atom. The molecule has 34 heavy (non-hydrogen) atoms. The molecular weight excluding hydrogens is 472 g/mol. The van der Waals surface area contributed by atoms with Crippen LogP contribution in [0.4, 0.5) is 11.9 Å². The number of aryl methyl sites for hydroxylation is 1. The molecule has 1 aliphatic rings. The van der Waals surface area contributed by atoms with Gasteiger partial charge in [-0.3, -0.25) is 0 Å². The van der Waals surface area contributed by atoms with Gasteiger partial charge in [0.15, 0.2) is 0 Å². The SMILES string of the molecule is Cc1cc(C(C)(C)C)ccc1S(=O)(=O)NC1CCC(CNc2nc(Cl)nc(NC(C)C)n2)CC1. The van der Waals surface area contributed by atoms with E-state index >= 15 is 0 Å². The Labute approximate surface area is 208 Å². The van der Waals surface area contributed by atoms with Gasteiger partial charge in [-0.25, -0.2) is 13.1 Å². The van der Waals surface area contributed by atoms with Gasteiger partial charge in [-0.15, -0.1) is 0 Å². The van der Waals surface area contributed by atoms with Gasteiger partial charge in [-0.05, 0) is 86.6 Å². The third-order valence-corrected chi connectivity index (χ3v) is 7.92. The van der Waals surface area contributed by atoms with Crippen LogP contribution in [0.25, 0.3) is 0 Å². The van der Waals surface area contributed by atoms with Crippen molar-refractivity contribution in [2.24, 2.45) is 5.92 Å². The molecule has 0 saturated heterocycles. The predicted molar refractivity (Wildman–Crippen MR) is 138 cm³/mol. The monoisotopic (exact) mass is 508 g/mol. The lowest BCUT2D eigenvalue weighted by Gasteiger charge is -2.29. The maximum absolute atomic E-state index is 13.1. The average molecular weight is 509 g/mol. The molecule has 0 unspecified atom stereocenters. The van der Waals surface area contributed by atoms with Gasteiger partial charge in [0, 0.05) is 18.6 Å². The molecule has 1 aromatic heterocycles. The minimum atomic E-state index is -3.56. The second kappa shape index (κ2) is 10.7. The summed E-state index contributed by atoms with van der Waals surface area (Å²) >= 11 is 6.02. The maximum atomic E-state index is 13.1.